The number of hydrogen-bond acceptors (Lipinski definition) is 5. The van der Waals surface area contributed by atoms with Crippen LogP contribution in [-0.2, 0) is 23.0 Å². The Labute approximate surface area is 169 Å². The third kappa shape index (κ3) is 6.49. The van der Waals surface area contributed by atoms with Crippen LogP contribution in [-0.4, -0.2) is 28.7 Å². The summed E-state index contributed by atoms with van der Waals surface area (Å²) in [5.41, 5.74) is 2.11. The molecular weight excluding hydrogens is 432 g/mol. The van der Waals surface area contributed by atoms with Gasteiger partial charge >= 0.3 is 0 Å². The summed E-state index contributed by atoms with van der Waals surface area (Å²) in [7, 11) is -2.02. The van der Waals surface area contributed by atoms with Crippen LogP contribution in [0.3, 0.4) is 0 Å². The topological polar surface area (TPSA) is 90.6 Å². The molecule has 0 spiro atoms. The van der Waals surface area contributed by atoms with Gasteiger partial charge in [-0.2, -0.15) is 0 Å². The molecule has 0 fully saturated rings. The van der Waals surface area contributed by atoms with Gasteiger partial charge in [-0.15, -0.1) is 0 Å². The van der Waals surface area contributed by atoms with E-state index in [9.17, 15) is 8.42 Å². The first-order valence-corrected chi connectivity index (χ1v) is 11.0. The molecule has 0 bridgehead atoms. The fourth-order valence-electron chi connectivity index (χ4n) is 2.50. The molecular formula is C19H25BrN2O4S. The molecule has 148 valence electrons. The highest BCUT2D eigenvalue weighted by Crippen LogP contribution is 2.33. The molecule has 0 aromatic heterocycles. The number of rotatable bonds is 10. The van der Waals surface area contributed by atoms with Crippen molar-refractivity contribution >= 4 is 26.0 Å². The Bertz CT molecular complexity index is 855. The minimum absolute atomic E-state index is 0.126. The van der Waals surface area contributed by atoms with E-state index in [0.717, 1.165) is 40.7 Å². The van der Waals surface area contributed by atoms with E-state index >= 15 is 0 Å². The second kappa shape index (κ2) is 10.1. The van der Waals surface area contributed by atoms with Gasteiger partial charge in [0.25, 0.3) is 0 Å². The number of halogens is 1. The van der Waals surface area contributed by atoms with Gasteiger partial charge in [0.15, 0.2) is 11.5 Å². The molecule has 27 heavy (non-hydrogen) atoms. The first-order chi connectivity index (χ1) is 12.8. The lowest BCUT2D eigenvalue weighted by Gasteiger charge is -2.14. The van der Waals surface area contributed by atoms with Crippen molar-refractivity contribution < 1.29 is 17.9 Å². The van der Waals surface area contributed by atoms with Gasteiger partial charge in [-0.3, -0.25) is 0 Å². The van der Waals surface area contributed by atoms with Gasteiger partial charge in [0, 0.05) is 11.0 Å². The maximum atomic E-state index is 11.3. The summed E-state index contributed by atoms with van der Waals surface area (Å²) >= 11 is 3.58. The van der Waals surface area contributed by atoms with Crippen molar-refractivity contribution in [3.8, 4) is 11.5 Å². The van der Waals surface area contributed by atoms with E-state index < -0.39 is 10.0 Å². The zero-order valence-electron chi connectivity index (χ0n) is 15.5. The molecule has 0 aliphatic carbocycles. The zero-order chi connectivity index (χ0) is 19.9. The molecule has 3 N–H and O–H groups in total. The normalized spacial score (nSPS) is 11.4. The third-order valence-corrected chi connectivity index (χ3v) is 5.62. The maximum absolute atomic E-state index is 11.3. The monoisotopic (exact) mass is 456 g/mol. The maximum Gasteiger partial charge on any atom is 0.238 e. The van der Waals surface area contributed by atoms with Crippen LogP contribution in [0.1, 0.15) is 24.5 Å². The Morgan fingerprint density at radius 3 is 2.44 bits per heavy atom. The smallest absolute Gasteiger partial charge is 0.238 e. The van der Waals surface area contributed by atoms with Crippen molar-refractivity contribution in [2.45, 2.75) is 31.2 Å². The second-order valence-corrected chi connectivity index (χ2v) is 8.47. The number of nitrogens with two attached hydrogens (primary N) is 1. The number of primary sulfonamides is 1. The number of hydrogen-bond donors (Lipinski definition) is 2. The minimum Gasteiger partial charge on any atom is -0.493 e. The Morgan fingerprint density at radius 2 is 1.85 bits per heavy atom. The third-order valence-electron chi connectivity index (χ3n) is 3.95. The molecule has 0 saturated carbocycles. The van der Waals surface area contributed by atoms with Crippen LogP contribution in [0.25, 0.3) is 0 Å². The van der Waals surface area contributed by atoms with Crippen molar-refractivity contribution in [1.82, 2.24) is 5.32 Å². The first kappa shape index (κ1) is 21.7. The Kier molecular flexibility index (Phi) is 8.09. The lowest BCUT2D eigenvalue weighted by Crippen LogP contribution is -2.17. The largest absolute Gasteiger partial charge is 0.493 e. The number of benzene rings is 2. The highest BCUT2D eigenvalue weighted by molar-refractivity contribution is 9.10. The molecule has 0 atom stereocenters. The highest BCUT2D eigenvalue weighted by atomic mass is 79.9. The van der Waals surface area contributed by atoms with E-state index in [1.165, 1.54) is 12.1 Å². The number of nitrogens with one attached hydrogen (secondary N) is 1. The molecule has 8 heteroatoms. The van der Waals surface area contributed by atoms with Gasteiger partial charge in [0.05, 0.1) is 18.6 Å². The van der Waals surface area contributed by atoms with Gasteiger partial charge in [-0.05, 0) is 54.8 Å². The van der Waals surface area contributed by atoms with Crippen molar-refractivity contribution in [3.63, 3.8) is 0 Å². The minimum atomic E-state index is -3.64. The Morgan fingerprint density at radius 1 is 1.15 bits per heavy atom. The predicted molar refractivity (Wildman–Crippen MR) is 110 cm³/mol. The highest BCUT2D eigenvalue weighted by Gasteiger charge is 2.10. The summed E-state index contributed by atoms with van der Waals surface area (Å²) < 4.78 is 34.6. The average Bonchev–Trinajstić information content (AvgIpc) is 2.64. The average molecular weight is 457 g/mol. The van der Waals surface area contributed by atoms with E-state index in [4.69, 9.17) is 14.6 Å². The van der Waals surface area contributed by atoms with Gasteiger partial charge in [-0.1, -0.05) is 35.0 Å². The van der Waals surface area contributed by atoms with Crippen LogP contribution in [0.15, 0.2) is 45.8 Å². The number of methoxy groups -OCH3 is 1. The predicted octanol–water partition coefficient (Wildman–Crippen LogP) is 3.23. The van der Waals surface area contributed by atoms with Crippen molar-refractivity contribution in [2.75, 3.05) is 20.3 Å². The van der Waals surface area contributed by atoms with E-state index in [1.54, 1.807) is 19.2 Å². The molecule has 0 radical (unpaired) electrons. The molecule has 0 heterocycles. The second-order valence-electron chi connectivity index (χ2n) is 6.06. The molecule has 0 aliphatic heterocycles. The van der Waals surface area contributed by atoms with Crippen LogP contribution in [0, 0.1) is 0 Å². The fraction of sp³-hybridized carbons (Fsp3) is 0.368. The summed E-state index contributed by atoms with van der Waals surface area (Å²) in [5, 5.41) is 8.48. The van der Waals surface area contributed by atoms with Gasteiger partial charge in [-0.25, -0.2) is 13.6 Å². The van der Waals surface area contributed by atoms with Crippen LogP contribution < -0.4 is 19.9 Å². The van der Waals surface area contributed by atoms with Crippen molar-refractivity contribution in [3.05, 3.63) is 52.0 Å². The molecule has 6 nitrogen and oxygen atoms in total. The summed E-state index contributed by atoms with van der Waals surface area (Å²) in [6.45, 7) is 4.12. The van der Waals surface area contributed by atoms with E-state index in [-0.39, 0.29) is 4.90 Å². The van der Waals surface area contributed by atoms with Crippen LogP contribution in [0.5, 0.6) is 11.5 Å². The number of sulfonamides is 1. The van der Waals surface area contributed by atoms with Crippen LogP contribution in [0.2, 0.25) is 0 Å². The molecule has 0 aliphatic rings. The molecule has 0 unspecified atom stereocenters. The standard InChI is InChI=1S/C19H25BrN2O4S/c1-3-10-26-19-12-17(20)15(11-18(19)25-2)13-22-9-8-14-4-6-16(7-5-14)27(21,23)24/h4-7,11-12,22H,3,8-10,13H2,1-2H3,(H2,21,23,24). The van der Waals surface area contributed by atoms with E-state index in [0.29, 0.717) is 18.9 Å². The lowest BCUT2D eigenvalue weighted by atomic mass is 10.1. The molecule has 0 amide bonds. The van der Waals surface area contributed by atoms with Crippen LogP contribution >= 0.6 is 15.9 Å². The van der Waals surface area contributed by atoms with E-state index in [1.807, 2.05) is 12.1 Å². The summed E-state index contributed by atoms with van der Waals surface area (Å²) in [4.78, 5) is 0.126. The van der Waals surface area contributed by atoms with E-state index in [2.05, 4.69) is 28.2 Å². The summed E-state index contributed by atoms with van der Waals surface area (Å²) in [6, 6.07) is 10.5. The fourth-order valence-corrected chi connectivity index (χ4v) is 3.48. The zero-order valence-corrected chi connectivity index (χ0v) is 17.9. The number of ether oxygens (including phenoxy) is 2. The van der Waals surface area contributed by atoms with Gasteiger partial charge in [0.1, 0.15) is 0 Å². The molecule has 0 saturated heterocycles. The SMILES string of the molecule is CCCOc1cc(Br)c(CNCCc2ccc(S(N)(=O)=O)cc2)cc1OC. The molecule has 2 aromatic carbocycles. The van der Waals surface area contributed by atoms with Crippen molar-refractivity contribution in [2.24, 2.45) is 5.14 Å². The van der Waals surface area contributed by atoms with Crippen molar-refractivity contribution in [1.29, 1.82) is 0 Å². The Balaban J connectivity index is 1.91. The van der Waals surface area contributed by atoms with Crippen LogP contribution in [0.4, 0.5) is 0 Å². The summed E-state index contributed by atoms with van der Waals surface area (Å²) in [6.07, 6.45) is 1.71. The lowest BCUT2D eigenvalue weighted by molar-refractivity contribution is 0.294. The van der Waals surface area contributed by atoms with Gasteiger partial charge in [0.2, 0.25) is 10.0 Å². The summed E-state index contributed by atoms with van der Waals surface area (Å²) in [5.74, 6) is 1.44. The quantitative estimate of drug-likeness (QED) is 0.535. The molecule has 2 rings (SSSR count). The first-order valence-electron chi connectivity index (χ1n) is 8.66. The molecule has 2 aromatic rings. The van der Waals surface area contributed by atoms with Gasteiger partial charge < -0.3 is 14.8 Å². The Hall–Kier alpha value is -1.61.